The standard InChI is InChI=1S/C29H30N4O3/c34-29(35)25(22-13-11-21(12-14-22)20-6-2-1-3-7-20)17-18-27-32-26(33-36-27)10-4-9-24-16-15-23-8-5-19-30-28(23)31-24/h1-3,6-7,11-16,25H,4-5,8-10,17-19H2,(H,30,31)(H,34,35). The lowest BCUT2D eigenvalue weighted by Crippen LogP contribution is -2.14. The highest BCUT2D eigenvalue weighted by Crippen LogP contribution is 2.26. The molecule has 1 unspecified atom stereocenters. The molecule has 1 aliphatic heterocycles. The van der Waals surface area contributed by atoms with Crippen molar-refractivity contribution in [3.05, 3.63) is 95.3 Å². The van der Waals surface area contributed by atoms with Gasteiger partial charge in [-0.3, -0.25) is 4.79 Å². The van der Waals surface area contributed by atoms with Crippen LogP contribution in [0.15, 0.2) is 71.3 Å². The first-order valence-corrected chi connectivity index (χ1v) is 12.6. The number of hydrogen-bond acceptors (Lipinski definition) is 6. The first-order chi connectivity index (χ1) is 17.7. The number of hydrogen-bond donors (Lipinski definition) is 2. The van der Waals surface area contributed by atoms with Crippen molar-refractivity contribution >= 4 is 11.8 Å². The zero-order chi connectivity index (χ0) is 24.7. The van der Waals surface area contributed by atoms with E-state index in [-0.39, 0.29) is 0 Å². The van der Waals surface area contributed by atoms with E-state index in [0.717, 1.165) is 60.4 Å². The Morgan fingerprint density at radius 3 is 2.56 bits per heavy atom. The Kier molecular flexibility index (Phi) is 7.36. The van der Waals surface area contributed by atoms with Gasteiger partial charge in [0.05, 0.1) is 5.92 Å². The van der Waals surface area contributed by atoms with Gasteiger partial charge in [-0.2, -0.15) is 4.98 Å². The molecule has 7 heteroatoms. The van der Waals surface area contributed by atoms with Crippen LogP contribution in [-0.4, -0.2) is 32.7 Å². The fourth-order valence-electron chi connectivity index (χ4n) is 4.67. The Morgan fingerprint density at radius 2 is 1.75 bits per heavy atom. The third kappa shape index (κ3) is 5.79. The molecule has 0 amide bonds. The molecule has 0 bridgehead atoms. The molecular weight excluding hydrogens is 452 g/mol. The molecule has 36 heavy (non-hydrogen) atoms. The summed E-state index contributed by atoms with van der Waals surface area (Å²) in [7, 11) is 0. The molecule has 184 valence electrons. The van der Waals surface area contributed by atoms with Crippen molar-refractivity contribution in [1.29, 1.82) is 0 Å². The predicted octanol–water partition coefficient (Wildman–Crippen LogP) is 5.47. The topological polar surface area (TPSA) is 101 Å². The fraction of sp³-hybridized carbons (Fsp3) is 0.310. The number of aryl methyl sites for hydroxylation is 4. The summed E-state index contributed by atoms with van der Waals surface area (Å²) in [6, 6.07) is 22.0. The molecule has 5 rings (SSSR count). The summed E-state index contributed by atoms with van der Waals surface area (Å²) in [5, 5.41) is 17.3. The molecule has 2 aromatic heterocycles. The maximum Gasteiger partial charge on any atom is 0.310 e. The van der Waals surface area contributed by atoms with Crippen LogP contribution in [-0.2, 0) is 30.5 Å². The van der Waals surface area contributed by atoms with Gasteiger partial charge in [0, 0.05) is 25.1 Å². The van der Waals surface area contributed by atoms with Crippen molar-refractivity contribution in [2.24, 2.45) is 0 Å². The number of carbonyl (C=O) groups is 1. The summed E-state index contributed by atoms with van der Waals surface area (Å²) in [5.41, 5.74) is 5.29. The molecule has 1 atom stereocenters. The highest BCUT2D eigenvalue weighted by atomic mass is 16.5. The van der Waals surface area contributed by atoms with E-state index in [0.29, 0.717) is 31.0 Å². The lowest BCUT2D eigenvalue weighted by Gasteiger charge is -2.17. The van der Waals surface area contributed by atoms with E-state index in [2.05, 4.69) is 27.6 Å². The molecule has 0 spiro atoms. The molecule has 7 nitrogen and oxygen atoms in total. The van der Waals surface area contributed by atoms with E-state index in [1.165, 1.54) is 5.56 Å². The maximum absolute atomic E-state index is 12.0. The monoisotopic (exact) mass is 482 g/mol. The van der Waals surface area contributed by atoms with Gasteiger partial charge in [0.25, 0.3) is 0 Å². The molecule has 0 saturated carbocycles. The van der Waals surface area contributed by atoms with Gasteiger partial charge in [-0.1, -0.05) is 65.8 Å². The van der Waals surface area contributed by atoms with Gasteiger partial charge in [0.15, 0.2) is 5.82 Å². The van der Waals surface area contributed by atoms with Crippen LogP contribution in [0.3, 0.4) is 0 Å². The number of aromatic nitrogens is 3. The van der Waals surface area contributed by atoms with Crippen LogP contribution in [0.25, 0.3) is 11.1 Å². The number of fused-ring (bicyclic) bond motifs is 1. The third-order valence-electron chi connectivity index (χ3n) is 6.66. The third-order valence-corrected chi connectivity index (χ3v) is 6.66. The number of benzene rings is 2. The van der Waals surface area contributed by atoms with E-state index in [1.807, 2.05) is 54.6 Å². The quantitative estimate of drug-likeness (QED) is 0.309. The lowest BCUT2D eigenvalue weighted by molar-refractivity contribution is -0.139. The Labute approximate surface area is 210 Å². The number of anilines is 1. The van der Waals surface area contributed by atoms with Crippen LogP contribution in [0.4, 0.5) is 5.82 Å². The van der Waals surface area contributed by atoms with E-state index in [1.54, 1.807) is 0 Å². The minimum Gasteiger partial charge on any atom is -0.481 e. The normalized spacial score (nSPS) is 13.6. The predicted molar refractivity (Wildman–Crippen MR) is 138 cm³/mol. The zero-order valence-electron chi connectivity index (χ0n) is 20.2. The summed E-state index contributed by atoms with van der Waals surface area (Å²) in [6.07, 6.45) is 5.47. The number of carboxylic acids is 1. The van der Waals surface area contributed by atoms with Crippen LogP contribution in [0.1, 0.15) is 53.7 Å². The second-order valence-electron chi connectivity index (χ2n) is 9.22. The van der Waals surface area contributed by atoms with Crippen LogP contribution in [0, 0.1) is 0 Å². The molecule has 1 aliphatic rings. The van der Waals surface area contributed by atoms with Crippen LogP contribution < -0.4 is 5.32 Å². The van der Waals surface area contributed by atoms with E-state index < -0.39 is 11.9 Å². The molecular formula is C29H30N4O3. The Balaban J connectivity index is 1.14. The van der Waals surface area contributed by atoms with Crippen LogP contribution >= 0.6 is 0 Å². The fourth-order valence-corrected chi connectivity index (χ4v) is 4.67. The molecule has 3 heterocycles. The zero-order valence-corrected chi connectivity index (χ0v) is 20.2. The first kappa shape index (κ1) is 23.7. The van der Waals surface area contributed by atoms with Gasteiger partial charge < -0.3 is 14.9 Å². The van der Waals surface area contributed by atoms with Crippen molar-refractivity contribution in [2.45, 2.75) is 50.9 Å². The molecule has 4 aromatic rings. The van der Waals surface area contributed by atoms with Crippen molar-refractivity contribution in [3.63, 3.8) is 0 Å². The van der Waals surface area contributed by atoms with Crippen LogP contribution in [0.2, 0.25) is 0 Å². The van der Waals surface area contributed by atoms with Crippen molar-refractivity contribution in [3.8, 4) is 11.1 Å². The van der Waals surface area contributed by atoms with Crippen LogP contribution in [0.5, 0.6) is 0 Å². The van der Waals surface area contributed by atoms with Crippen molar-refractivity contribution < 1.29 is 14.4 Å². The largest absolute Gasteiger partial charge is 0.481 e. The molecule has 0 saturated heterocycles. The highest BCUT2D eigenvalue weighted by molar-refractivity contribution is 5.76. The van der Waals surface area contributed by atoms with Crippen molar-refractivity contribution in [1.82, 2.24) is 15.1 Å². The summed E-state index contributed by atoms with van der Waals surface area (Å²) >= 11 is 0. The number of rotatable bonds is 10. The average Bonchev–Trinajstić information content (AvgIpc) is 3.37. The van der Waals surface area contributed by atoms with Gasteiger partial charge in [-0.05, 0) is 60.4 Å². The minimum atomic E-state index is -0.853. The molecule has 0 aliphatic carbocycles. The minimum absolute atomic E-state index is 0.397. The number of pyridine rings is 1. The summed E-state index contributed by atoms with van der Waals surface area (Å²) < 4.78 is 5.41. The van der Waals surface area contributed by atoms with Gasteiger partial charge in [0.1, 0.15) is 5.82 Å². The van der Waals surface area contributed by atoms with E-state index in [9.17, 15) is 9.90 Å². The van der Waals surface area contributed by atoms with E-state index in [4.69, 9.17) is 9.51 Å². The summed E-state index contributed by atoms with van der Waals surface area (Å²) in [4.78, 5) is 21.2. The Morgan fingerprint density at radius 1 is 0.944 bits per heavy atom. The first-order valence-electron chi connectivity index (χ1n) is 12.6. The number of nitrogens with one attached hydrogen (secondary N) is 1. The van der Waals surface area contributed by atoms with E-state index >= 15 is 0 Å². The molecule has 2 N–H and O–H groups in total. The highest BCUT2D eigenvalue weighted by Gasteiger charge is 2.21. The smallest absolute Gasteiger partial charge is 0.310 e. The van der Waals surface area contributed by atoms with Gasteiger partial charge in [-0.25, -0.2) is 4.98 Å². The van der Waals surface area contributed by atoms with Gasteiger partial charge in [0.2, 0.25) is 5.89 Å². The number of carboxylic acid groups (broad SMARTS) is 1. The second-order valence-corrected chi connectivity index (χ2v) is 9.22. The van der Waals surface area contributed by atoms with Crippen molar-refractivity contribution in [2.75, 3.05) is 11.9 Å². The Hall–Kier alpha value is -4.00. The average molecular weight is 483 g/mol. The van der Waals surface area contributed by atoms with Gasteiger partial charge in [-0.15, -0.1) is 0 Å². The van der Waals surface area contributed by atoms with Gasteiger partial charge >= 0.3 is 5.97 Å². The molecule has 2 aromatic carbocycles. The second kappa shape index (κ2) is 11.2. The Bertz CT molecular complexity index is 1300. The SMILES string of the molecule is O=C(O)C(CCc1nc(CCCc2ccc3c(n2)NCCC3)no1)c1ccc(-c2ccccc2)cc1. The maximum atomic E-state index is 12.0. The summed E-state index contributed by atoms with van der Waals surface area (Å²) in [6.45, 7) is 0.983. The molecule has 0 radical (unpaired) electrons. The number of aliphatic carboxylic acids is 1. The number of nitrogens with zero attached hydrogens (tertiary/aromatic N) is 3. The lowest BCUT2D eigenvalue weighted by atomic mass is 9.92. The summed E-state index contributed by atoms with van der Waals surface area (Å²) in [5.74, 6) is 0.667. The molecule has 0 fully saturated rings.